The molecule has 0 saturated heterocycles. The molecule has 3 heteroatoms. The van der Waals surface area contributed by atoms with Crippen LogP contribution in [0.1, 0.15) is 52.4 Å². The van der Waals surface area contributed by atoms with Crippen molar-refractivity contribution in [2.45, 2.75) is 57.6 Å². The smallest absolute Gasteiger partial charge is 0.156 e. The second-order valence-electron chi connectivity index (χ2n) is 5.28. The maximum atomic E-state index is 4.60. The summed E-state index contributed by atoms with van der Waals surface area (Å²) in [6.45, 7) is 6.73. The van der Waals surface area contributed by atoms with E-state index in [9.17, 15) is 0 Å². The largest absolute Gasteiger partial charge is 0.364 e. The first-order chi connectivity index (χ1) is 7.78. The predicted molar refractivity (Wildman–Crippen MR) is 73.2 cm³/mol. The molecule has 1 saturated carbocycles. The van der Waals surface area contributed by atoms with Crippen LogP contribution in [0.2, 0.25) is 0 Å². The third kappa shape index (κ3) is 3.16. The number of thioether (sulfide) groups is 1. The van der Waals surface area contributed by atoms with Crippen molar-refractivity contribution < 1.29 is 0 Å². The highest BCUT2D eigenvalue weighted by atomic mass is 32.2. The van der Waals surface area contributed by atoms with Gasteiger partial charge in [-0.1, -0.05) is 38.5 Å². The van der Waals surface area contributed by atoms with Gasteiger partial charge in [0.2, 0.25) is 0 Å². The van der Waals surface area contributed by atoms with Crippen molar-refractivity contribution >= 4 is 16.9 Å². The molecule has 0 spiro atoms. The van der Waals surface area contributed by atoms with Crippen molar-refractivity contribution in [1.29, 1.82) is 0 Å². The molecule has 2 rings (SSSR count). The molecule has 0 radical (unpaired) electrons. The molecule has 1 aliphatic heterocycles. The Morgan fingerprint density at radius 3 is 2.81 bits per heavy atom. The molecule has 0 aromatic rings. The summed E-state index contributed by atoms with van der Waals surface area (Å²) in [6.07, 6.45) is 8.13. The highest BCUT2D eigenvalue weighted by molar-refractivity contribution is 8.14. The highest BCUT2D eigenvalue weighted by Crippen LogP contribution is 2.49. The van der Waals surface area contributed by atoms with E-state index in [2.05, 4.69) is 24.2 Å². The van der Waals surface area contributed by atoms with Crippen molar-refractivity contribution in [3.05, 3.63) is 0 Å². The zero-order chi connectivity index (χ0) is 11.4. The van der Waals surface area contributed by atoms with Gasteiger partial charge in [-0.25, -0.2) is 0 Å². The summed E-state index contributed by atoms with van der Waals surface area (Å²) < 4.78 is 0. The zero-order valence-electron chi connectivity index (χ0n) is 10.6. The fourth-order valence-electron chi connectivity index (χ4n) is 2.47. The maximum absolute atomic E-state index is 4.60. The van der Waals surface area contributed by atoms with E-state index in [1.165, 1.54) is 43.7 Å². The Balaban J connectivity index is 1.68. The van der Waals surface area contributed by atoms with Crippen LogP contribution in [0.15, 0.2) is 4.99 Å². The first-order valence-corrected chi connectivity index (χ1v) is 7.61. The zero-order valence-corrected chi connectivity index (χ0v) is 11.4. The van der Waals surface area contributed by atoms with Gasteiger partial charge in [-0.3, -0.25) is 4.99 Å². The summed E-state index contributed by atoms with van der Waals surface area (Å²) in [4.78, 5) is 4.60. The van der Waals surface area contributed by atoms with Crippen LogP contribution in [0.25, 0.3) is 0 Å². The van der Waals surface area contributed by atoms with E-state index in [0.29, 0.717) is 5.41 Å². The first kappa shape index (κ1) is 12.3. The van der Waals surface area contributed by atoms with E-state index < -0.39 is 0 Å². The number of nitrogens with one attached hydrogen (secondary N) is 1. The van der Waals surface area contributed by atoms with Crippen LogP contribution in [0.5, 0.6) is 0 Å². The molecule has 16 heavy (non-hydrogen) atoms. The van der Waals surface area contributed by atoms with Crippen molar-refractivity contribution in [1.82, 2.24) is 5.32 Å². The van der Waals surface area contributed by atoms with Gasteiger partial charge in [-0.05, 0) is 31.1 Å². The Kier molecular flexibility index (Phi) is 4.17. The van der Waals surface area contributed by atoms with Crippen molar-refractivity contribution in [3.8, 4) is 0 Å². The standard InChI is InChI=1S/C13H24N2S/c1-3-5-11-9-14-12(16-11)15-10-13(6-4-2)7-8-13/h11H,3-10H2,1-2H3,(H,14,15). The fraction of sp³-hybridized carbons (Fsp3) is 0.923. The molecule has 1 unspecified atom stereocenters. The molecule has 0 bridgehead atoms. The topological polar surface area (TPSA) is 24.4 Å². The van der Waals surface area contributed by atoms with Crippen molar-refractivity contribution in [2.24, 2.45) is 10.4 Å². The molecule has 1 atom stereocenters. The summed E-state index contributed by atoms with van der Waals surface area (Å²) in [5.74, 6) is 0. The van der Waals surface area contributed by atoms with Crippen molar-refractivity contribution in [2.75, 3.05) is 13.1 Å². The molecule has 1 aliphatic carbocycles. The minimum atomic E-state index is 0.640. The van der Waals surface area contributed by atoms with Gasteiger partial charge in [0, 0.05) is 11.8 Å². The molecule has 2 aliphatic rings. The minimum absolute atomic E-state index is 0.640. The molecule has 92 valence electrons. The van der Waals surface area contributed by atoms with Crippen LogP contribution in [0.4, 0.5) is 0 Å². The van der Waals surface area contributed by atoms with Crippen LogP contribution in [0.3, 0.4) is 0 Å². The lowest BCUT2D eigenvalue weighted by Crippen LogP contribution is -2.27. The average molecular weight is 240 g/mol. The van der Waals surface area contributed by atoms with Crippen molar-refractivity contribution in [3.63, 3.8) is 0 Å². The number of rotatable bonds is 6. The summed E-state index contributed by atoms with van der Waals surface area (Å²) >= 11 is 1.96. The fourth-order valence-corrected chi connectivity index (χ4v) is 3.60. The Hall–Kier alpha value is -0.180. The molecule has 2 nitrogen and oxygen atoms in total. The molecule has 1 N–H and O–H groups in total. The Labute approximate surface area is 104 Å². The van der Waals surface area contributed by atoms with Crippen LogP contribution in [0, 0.1) is 5.41 Å². The lowest BCUT2D eigenvalue weighted by molar-refractivity contribution is 0.454. The van der Waals surface area contributed by atoms with E-state index in [-0.39, 0.29) is 0 Å². The van der Waals surface area contributed by atoms with E-state index >= 15 is 0 Å². The van der Waals surface area contributed by atoms with Gasteiger partial charge < -0.3 is 5.32 Å². The second-order valence-corrected chi connectivity index (χ2v) is 6.57. The number of hydrogen-bond donors (Lipinski definition) is 1. The normalized spacial score (nSPS) is 26.6. The number of nitrogens with zero attached hydrogens (tertiary/aromatic N) is 1. The Bertz CT molecular complexity index is 259. The van der Waals surface area contributed by atoms with Gasteiger partial charge >= 0.3 is 0 Å². The monoisotopic (exact) mass is 240 g/mol. The number of hydrogen-bond acceptors (Lipinski definition) is 3. The van der Waals surface area contributed by atoms with Crippen LogP contribution >= 0.6 is 11.8 Å². The summed E-state index contributed by atoms with van der Waals surface area (Å²) in [7, 11) is 0. The van der Waals surface area contributed by atoms with Gasteiger partial charge in [0.05, 0.1) is 6.54 Å². The van der Waals surface area contributed by atoms with Gasteiger partial charge in [0.1, 0.15) is 0 Å². The molecule has 0 amide bonds. The van der Waals surface area contributed by atoms with Crippen LogP contribution < -0.4 is 5.32 Å². The third-order valence-corrected chi connectivity index (χ3v) is 4.89. The second kappa shape index (κ2) is 5.44. The van der Waals surface area contributed by atoms with E-state index in [0.717, 1.165) is 18.3 Å². The van der Waals surface area contributed by atoms with Gasteiger partial charge in [-0.15, -0.1) is 0 Å². The van der Waals surface area contributed by atoms with Gasteiger partial charge in [0.25, 0.3) is 0 Å². The third-order valence-electron chi connectivity index (χ3n) is 3.68. The lowest BCUT2D eigenvalue weighted by Gasteiger charge is -2.15. The maximum Gasteiger partial charge on any atom is 0.156 e. The molecular formula is C13H24N2S. The number of aliphatic imine (C=N–C) groups is 1. The summed E-state index contributed by atoms with van der Waals surface area (Å²) in [6, 6.07) is 0. The average Bonchev–Trinajstić information content (AvgIpc) is 2.89. The Morgan fingerprint density at radius 2 is 2.19 bits per heavy atom. The molecule has 0 aromatic carbocycles. The van der Waals surface area contributed by atoms with E-state index in [1.807, 2.05) is 11.8 Å². The first-order valence-electron chi connectivity index (χ1n) is 6.73. The SMILES string of the molecule is CCCC1CN=C(NCC2(CCC)CC2)S1. The molecule has 0 aromatic heterocycles. The van der Waals surface area contributed by atoms with Crippen LogP contribution in [-0.2, 0) is 0 Å². The van der Waals surface area contributed by atoms with Crippen LogP contribution in [-0.4, -0.2) is 23.5 Å². The highest BCUT2D eigenvalue weighted by Gasteiger charge is 2.41. The Morgan fingerprint density at radius 1 is 1.38 bits per heavy atom. The number of amidine groups is 1. The van der Waals surface area contributed by atoms with Gasteiger partial charge in [-0.2, -0.15) is 0 Å². The summed E-state index contributed by atoms with van der Waals surface area (Å²) in [5.41, 5.74) is 0.640. The molecule has 1 heterocycles. The van der Waals surface area contributed by atoms with Gasteiger partial charge in [0.15, 0.2) is 5.17 Å². The predicted octanol–water partition coefficient (Wildman–Crippen LogP) is 3.43. The lowest BCUT2D eigenvalue weighted by atomic mass is 10.0. The van der Waals surface area contributed by atoms with E-state index in [4.69, 9.17) is 0 Å². The molecular weight excluding hydrogens is 216 g/mol. The minimum Gasteiger partial charge on any atom is -0.364 e. The van der Waals surface area contributed by atoms with E-state index in [1.54, 1.807) is 0 Å². The quantitative estimate of drug-likeness (QED) is 0.769. The summed E-state index contributed by atoms with van der Waals surface area (Å²) in [5, 5.41) is 5.52. The molecule has 1 fully saturated rings.